The number of carbonyl (C=O) groups excluding carboxylic acids is 1. The largest absolute Gasteiger partial charge is 0.345 e. The van der Waals surface area contributed by atoms with Crippen molar-refractivity contribution in [3.8, 4) is 0 Å². The van der Waals surface area contributed by atoms with E-state index in [0.29, 0.717) is 15.9 Å². The number of pyridine rings is 2. The molecule has 0 aliphatic carbocycles. The molecule has 0 saturated carbocycles. The van der Waals surface area contributed by atoms with Gasteiger partial charge in [0.25, 0.3) is 5.91 Å². The second-order valence-corrected chi connectivity index (χ2v) is 5.09. The standard InChI is InChI=1S/C13H14BrN5O/c1-8(9-2-4-16-5-3-9)18-13(20)11-6-10(14)7-17-12(11)19-15/h2-8H,15H2,1H3,(H,17,19)(H,18,20). The van der Waals surface area contributed by atoms with Crippen LogP contribution in [0.5, 0.6) is 0 Å². The quantitative estimate of drug-likeness (QED) is 0.587. The number of nitrogens with zero attached hydrogens (tertiary/aromatic N) is 2. The summed E-state index contributed by atoms with van der Waals surface area (Å²) in [7, 11) is 0. The van der Waals surface area contributed by atoms with Gasteiger partial charge in [0.15, 0.2) is 5.82 Å². The van der Waals surface area contributed by atoms with Crippen molar-refractivity contribution < 1.29 is 4.79 Å². The summed E-state index contributed by atoms with van der Waals surface area (Å²) in [5.41, 5.74) is 3.76. The molecular formula is C13H14BrN5O. The molecule has 0 spiro atoms. The van der Waals surface area contributed by atoms with Gasteiger partial charge in [-0.15, -0.1) is 0 Å². The Balaban J connectivity index is 2.18. The number of carbonyl (C=O) groups is 1. The highest BCUT2D eigenvalue weighted by Crippen LogP contribution is 2.19. The third-order valence-corrected chi connectivity index (χ3v) is 3.22. The van der Waals surface area contributed by atoms with E-state index in [9.17, 15) is 4.79 Å². The number of nitrogens with one attached hydrogen (secondary N) is 2. The lowest BCUT2D eigenvalue weighted by atomic mass is 10.1. The minimum absolute atomic E-state index is 0.143. The van der Waals surface area contributed by atoms with Gasteiger partial charge in [-0.05, 0) is 46.6 Å². The highest BCUT2D eigenvalue weighted by molar-refractivity contribution is 9.10. The molecule has 1 atom stereocenters. The monoisotopic (exact) mass is 335 g/mol. The molecule has 0 radical (unpaired) electrons. The summed E-state index contributed by atoms with van der Waals surface area (Å²) in [6, 6.07) is 5.23. The summed E-state index contributed by atoms with van der Waals surface area (Å²) in [4.78, 5) is 20.3. The zero-order valence-electron chi connectivity index (χ0n) is 10.8. The molecule has 6 nitrogen and oxygen atoms in total. The first kappa shape index (κ1) is 14.4. The fourth-order valence-electron chi connectivity index (χ4n) is 1.74. The smallest absolute Gasteiger partial charge is 0.255 e. The number of hydrogen-bond acceptors (Lipinski definition) is 5. The molecule has 0 aliphatic heterocycles. The zero-order chi connectivity index (χ0) is 14.5. The van der Waals surface area contributed by atoms with E-state index in [-0.39, 0.29) is 11.9 Å². The number of rotatable bonds is 4. The Morgan fingerprint density at radius 2 is 2.10 bits per heavy atom. The van der Waals surface area contributed by atoms with E-state index in [0.717, 1.165) is 5.56 Å². The van der Waals surface area contributed by atoms with E-state index in [1.165, 1.54) is 0 Å². The van der Waals surface area contributed by atoms with Crippen molar-refractivity contribution in [1.82, 2.24) is 15.3 Å². The molecule has 0 saturated heterocycles. The molecule has 0 fully saturated rings. The summed E-state index contributed by atoms with van der Waals surface area (Å²) in [6.07, 6.45) is 4.94. The number of hydrogen-bond donors (Lipinski definition) is 3. The molecule has 2 aromatic heterocycles. The average molecular weight is 336 g/mol. The van der Waals surface area contributed by atoms with E-state index < -0.39 is 0 Å². The van der Waals surface area contributed by atoms with Crippen LogP contribution in [-0.4, -0.2) is 15.9 Å². The van der Waals surface area contributed by atoms with Gasteiger partial charge in [0, 0.05) is 23.1 Å². The van der Waals surface area contributed by atoms with Crippen molar-refractivity contribution in [3.63, 3.8) is 0 Å². The lowest BCUT2D eigenvalue weighted by Gasteiger charge is -2.15. The number of halogens is 1. The lowest BCUT2D eigenvalue weighted by molar-refractivity contribution is 0.0940. The van der Waals surface area contributed by atoms with Crippen LogP contribution in [0.15, 0.2) is 41.3 Å². The lowest BCUT2D eigenvalue weighted by Crippen LogP contribution is -2.28. The molecule has 1 amide bonds. The van der Waals surface area contributed by atoms with Crippen LogP contribution in [-0.2, 0) is 0 Å². The van der Waals surface area contributed by atoms with Crippen molar-refractivity contribution in [2.75, 3.05) is 5.43 Å². The van der Waals surface area contributed by atoms with Crippen LogP contribution in [0.4, 0.5) is 5.82 Å². The van der Waals surface area contributed by atoms with Crippen LogP contribution in [0.2, 0.25) is 0 Å². The van der Waals surface area contributed by atoms with Gasteiger partial charge < -0.3 is 10.7 Å². The van der Waals surface area contributed by atoms with Crippen LogP contribution in [0.1, 0.15) is 28.9 Å². The normalized spacial score (nSPS) is 11.8. The summed E-state index contributed by atoms with van der Waals surface area (Å²) in [5.74, 6) is 5.44. The van der Waals surface area contributed by atoms with Crippen LogP contribution >= 0.6 is 15.9 Å². The first-order valence-corrected chi connectivity index (χ1v) is 6.74. The van der Waals surface area contributed by atoms with Gasteiger partial charge in [-0.25, -0.2) is 10.8 Å². The average Bonchev–Trinajstić information content (AvgIpc) is 2.48. The second-order valence-electron chi connectivity index (χ2n) is 4.17. The van der Waals surface area contributed by atoms with Gasteiger partial charge >= 0.3 is 0 Å². The van der Waals surface area contributed by atoms with Crippen molar-refractivity contribution in [2.24, 2.45) is 5.84 Å². The Bertz CT molecular complexity index is 605. The van der Waals surface area contributed by atoms with E-state index >= 15 is 0 Å². The van der Waals surface area contributed by atoms with Gasteiger partial charge in [0.2, 0.25) is 0 Å². The Morgan fingerprint density at radius 3 is 2.75 bits per heavy atom. The van der Waals surface area contributed by atoms with E-state index in [4.69, 9.17) is 5.84 Å². The van der Waals surface area contributed by atoms with Crippen LogP contribution < -0.4 is 16.6 Å². The van der Waals surface area contributed by atoms with Gasteiger partial charge in [-0.2, -0.15) is 0 Å². The van der Waals surface area contributed by atoms with Gasteiger partial charge in [-0.1, -0.05) is 0 Å². The minimum Gasteiger partial charge on any atom is -0.345 e. The number of anilines is 1. The van der Waals surface area contributed by atoms with E-state index in [1.807, 2.05) is 19.1 Å². The molecule has 4 N–H and O–H groups in total. The molecule has 7 heteroatoms. The van der Waals surface area contributed by atoms with Crippen molar-refractivity contribution in [2.45, 2.75) is 13.0 Å². The molecule has 20 heavy (non-hydrogen) atoms. The molecule has 2 aromatic rings. The van der Waals surface area contributed by atoms with Crippen LogP contribution in [0.3, 0.4) is 0 Å². The maximum Gasteiger partial charge on any atom is 0.255 e. The summed E-state index contributed by atoms with van der Waals surface area (Å²) >= 11 is 3.29. The maximum absolute atomic E-state index is 12.3. The van der Waals surface area contributed by atoms with Crippen LogP contribution in [0.25, 0.3) is 0 Å². The molecule has 0 bridgehead atoms. The van der Waals surface area contributed by atoms with E-state index in [2.05, 4.69) is 36.6 Å². The number of aromatic nitrogens is 2. The van der Waals surface area contributed by atoms with Crippen molar-refractivity contribution in [1.29, 1.82) is 0 Å². The van der Waals surface area contributed by atoms with Gasteiger partial charge in [0.1, 0.15) is 0 Å². The number of nitrogens with two attached hydrogens (primary N) is 1. The third-order valence-electron chi connectivity index (χ3n) is 2.79. The van der Waals surface area contributed by atoms with Crippen LogP contribution in [0, 0.1) is 0 Å². The zero-order valence-corrected chi connectivity index (χ0v) is 12.4. The SMILES string of the molecule is CC(NC(=O)c1cc(Br)cnc1NN)c1ccncc1. The van der Waals surface area contributed by atoms with Crippen molar-refractivity contribution in [3.05, 3.63) is 52.4 Å². The second kappa shape index (κ2) is 6.44. The molecular weight excluding hydrogens is 322 g/mol. The maximum atomic E-state index is 12.3. The Morgan fingerprint density at radius 1 is 1.40 bits per heavy atom. The molecule has 2 heterocycles. The first-order valence-electron chi connectivity index (χ1n) is 5.94. The molecule has 2 rings (SSSR count). The summed E-state index contributed by atoms with van der Waals surface area (Å²) in [6.45, 7) is 1.90. The predicted octanol–water partition coefficient (Wildman–Crippen LogP) is 2.02. The van der Waals surface area contributed by atoms with Gasteiger partial charge in [-0.3, -0.25) is 9.78 Å². The Hall–Kier alpha value is -1.99. The fraction of sp³-hybridized carbons (Fsp3) is 0.154. The predicted molar refractivity (Wildman–Crippen MR) is 79.9 cm³/mol. The third kappa shape index (κ3) is 3.31. The molecule has 104 valence electrons. The van der Waals surface area contributed by atoms with Crippen molar-refractivity contribution >= 4 is 27.7 Å². The first-order chi connectivity index (χ1) is 9.61. The number of nitrogen functional groups attached to an aromatic ring is 1. The van der Waals surface area contributed by atoms with E-state index in [1.54, 1.807) is 24.7 Å². The van der Waals surface area contributed by atoms with Gasteiger partial charge in [0.05, 0.1) is 11.6 Å². The Kier molecular flexibility index (Phi) is 4.65. The molecule has 0 aromatic carbocycles. The summed E-state index contributed by atoms with van der Waals surface area (Å²) in [5, 5.41) is 2.89. The Labute approximate surface area is 124 Å². The highest BCUT2D eigenvalue weighted by Gasteiger charge is 2.16. The molecule has 0 aliphatic rings. The summed E-state index contributed by atoms with van der Waals surface area (Å²) < 4.78 is 0.707. The topological polar surface area (TPSA) is 92.9 Å². The number of amides is 1. The minimum atomic E-state index is -0.254. The highest BCUT2D eigenvalue weighted by atomic mass is 79.9. The molecule has 1 unspecified atom stereocenters. The number of hydrazine groups is 1. The fourth-order valence-corrected chi connectivity index (χ4v) is 2.07.